The number of aryl methyl sites for hydroxylation is 1. The molecule has 7 heteroatoms. The molecule has 23 heavy (non-hydrogen) atoms. The van der Waals surface area contributed by atoms with Crippen molar-refractivity contribution in [3.05, 3.63) is 29.3 Å². The second-order valence-electron chi connectivity index (χ2n) is 5.58. The molecule has 0 spiro atoms. The Bertz CT molecular complexity index is 568. The van der Waals surface area contributed by atoms with Crippen LogP contribution < -0.4 is 16.4 Å². The summed E-state index contributed by atoms with van der Waals surface area (Å²) in [7, 11) is 0. The van der Waals surface area contributed by atoms with E-state index in [4.69, 9.17) is 5.73 Å². The number of carbonyl (C=O) groups is 2. The number of carbonyl (C=O) groups excluding carboxylic acids is 2. The van der Waals surface area contributed by atoms with Crippen LogP contribution in [0.3, 0.4) is 0 Å². The highest BCUT2D eigenvalue weighted by molar-refractivity contribution is 7.98. The number of rotatable bonds is 6. The number of hydrogen-bond donors (Lipinski definition) is 3. The molecule has 1 aromatic rings. The van der Waals surface area contributed by atoms with Crippen LogP contribution in [0, 0.1) is 0 Å². The number of thioether (sulfide) groups is 1. The number of anilines is 1. The molecule has 4 N–H and O–H groups in total. The van der Waals surface area contributed by atoms with Crippen LogP contribution in [0.5, 0.6) is 0 Å². The predicted octanol–water partition coefficient (Wildman–Crippen LogP) is 2.25. The average molecular weight is 358 g/mol. The van der Waals surface area contributed by atoms with Gasteiger partial charge in [0.05, 0.1) is 12.1 Å². The molecule has 1 heterocycles. The molecule has 2 rings (SSSR count). The van der Waals surface area contributed by atoms with E-state index in [2.05, 4.69) is 10.6 Å². The van der Waals surface area contributed by atoms with Gasteiger partial charge in [-0.25, -0.2) is 0 Å². The number of halogens is 1. The summed E-state index contributed by atoms with van der Waals surface area (Å²) in [5, 5.41) is 5.82. The first kappa shape index (κ1) is 19.8. The van der Waals surface area contributed by atoms with Gasteiger partial charge in [-0.1, -0.05) is 12.1 Å². The highest BCUT2D eigenvalue weighted by Crippen LogP contribution is 2.26. The normalized spacial score (nSPS) is 15.7. The van der Waals surface area contributed by atoms with E-state index in [0.717, 1.165) is 29.0 Å². The van der Waals surface area contributed by atoms with Gasteiger partial charge in [-0.05, 0) is 49.0 Å². The van der Waals surface area contributed by atoms with Crippen LogP contribution in [0.1, 0.15) is 36.9 Å². The van der Waals surface area contributed by atoms with Crippen molar-refractivity contribution >= 4 is 41.7 Å². The molecular weight excluding hydrogens is 334 g/mol. The van der Waals surface area contributed by atoms with Crippen molar-refractivity contribution in [1.29, 1.82) is 0 Å². The highest BCUT2D eigenvalue weighted by Gasteiger charge is 2.19. The minimum atomic E-state index is -0.466. The van der Waals surface area contributed by atoms with Crippen LogP contribution in [-0.2, 0) is 16.0 Å². The first-order chi connectivity index (χ1) is 10.5. The summed E-state index contributed by atoms with van der Waals surface area (Å²) in [6, 6.07) is 5.32. The lowest BCUT2D eigenvalue weighted by molar-refractivity contribution is -0.123. The van der Waals surface area contributed by atoms with E-state index in [1.54, 1.807) is 11.8 Å². The summed E-state index contributed by atoms with van der Waals surface area (Å²) < 4.78 is 0. The Labute approximate surface area is 147 Å². The van der Waals surface area contributed by atoms with Gasteiger partial charge in [0.2, 0.25) is 11.8 Å². The molecule has 0 aromatic heterocycles. The molecule has 0 fully saturated rings. The summed E-state index contributed by atoms with van der Waals surface area (Å²) >= 11 is 1.68. The van der Waals surface area contributed by atoms with E-state index in [0.29, 0.717) is 12.8 Å². The van der Waals surface area contributed by atoms with Crippen molar-refractivity contribution in [3.63, 3.8) is 0 Å². The van der Waals surface area contributed by atoms with E-state index >= 15 is 0 Å². The quantitative estimate of drug-likeness (QED) is 0.729. The zero-order chi connectivity index (χ0) is 16.1. The lowest BCUT2D eigenvalue weighted by atomic mass is 9.97. The topological polar surface area (TPSA) is 84.2 Å². The Morgan fingerprint density at radius 3 is 2.87 bits per heavy atom. The van der Waals surface area contributed by atoms with E-state index in [1.807, 2.05) is 31.4 Å². The smallest absolute Gasteiger partial charge is 0.237 e. The Hall–Kier alpha value is -1.24. The summed E-state index contributed by atoms with van der Waals surface area (Å²) in [6.07, 6.45) is 3.93. The SMILES string of the molecule is CSCCC(N)C(=O)NC(C)c1ccc2c(c1)CCC(=O)N2.Cl. The minimum Gasteiger partial charge on any atom is -0.348 e. The maximum absolute atomic E-state index is 12.1. The second kappa shape index (κ2) is 9.15. The number of benzene rings is 1. The molecule has 5 nitrogen and oxygen atoms in total. The third-order valence-corrected chi connectivity index (χ3v) is 4.50. The van der Waals surface area contributed by atoms with Crippen LogP contribution in [0.25, 0.3) is 0 Å². The van der Waals surface area contributed by atoms with Crippen molar-refractivity contribution in [2.45, 2.75) is 38.3 Å². The monoisotopic (exact) mass is 357 g/mol. The van der Waals surface area contributed by atoms with Crippen LogP contribution >= 0.6 is 24.2 Å². The molecule has 0 saturated heterocycles. The van der Waals surface area contributed by atoms with Gasteiger partial charge in [0.15, 0.2) is 0 Å². The van der Waals surface area contributed by atoms with Gasteiger partial charge in [-0.2, -0.15) is 11.8 Å². The van der Waals surface area contributed by atoms with Gasteiger partial charge >= 0.3 is 0 Å². The maximum Gasteiger partial charge on any atom is 0.237 e. The van der Waals surface area contributed by atoms with Crippen LogP contribution in [0.4, 0.5) is 5.69 Å². The van der Waals surface area contributed by atoms with Gasteiger partial charge in [0.25, 0.3) is 0 Å². The lowest BCUT2D eigenvalue weighted by Crippen LogP contribution is -2.42. The Morgan fingerprint density at radius 2 is 2.17 bits per heavy atom. The zero-order valence-corrected chi connectivity index (χ0v) is 15.1. The summed E-state index contributed by atoms with van der Waals surface area (Å²) in [5.74, 6) is 0.815. The molecule has 2 amide bonds. The van der Waals surface area contributed by atoms with Crippen molar-refractivity contribution in [2.75, 3.05) is 17.3 Å². The summed E-state index contributed by atoms with van der Waals surface area (Å²) in [6.45, 7) is 1.95. The van der Waals surface area contributed by atoms with Crippen LogP contribution in [-0.4, -0.2) is 29.9 Å². The molecule has 0 saturated carbocycles. The molecule has 1 aromatic carbocycles. The summed E-state index contributed by atoms with van der Waals surface area (Å²) in [4.78, 5) is 23.4. The molecule has 128 valence electrons. The minimum absolute atomic E-state index is 0. The molecule has 2 unspecified atom stereocenters. The van der Waals surface area contributed by atoms with Crippen molar-refractivity contribution < 1.29 is 9.59 Å². The molecule has 0 bridgehead atoms. The fourth-order valence-corrected chi connectivity index (χ4v) is 2.94. The van der Waals surface area contributed by atoms with Crippen molar-refractivity contribution in [1.82, 2.24) is 5.32 Å². The number of fused-ring (bicyclic) bond motifs is 1. The molecular formula is C16H24ClN3O2S. The summed E-state index contributed by atoms with van der Waals surface area (Å²) in [5.41, 5.74) is 8.90. The van der Waals surface area contributed by atoms with Crippen LogP contribution in [0.15, 0.2) is 18.2 Å². The molecule has 1 aliphatic rings. The van der Waals surface area contributed by atoms with Gasteiger partial charge in [0, 0.05) is 12.1 Å². The van der Waals surface area contributed by atoms with Crippen LogP contribution in [0.2, 0.25) is 0 Å². The average Bonchev–Trinajstić information content (AvgIpc) is 2.51. The zero-order valence-electron chi connectivity index (χ0n) is 13.4. The third-order valence-electron chi connectivity index (χ3n) is 3.85. The number of amides is 2. The lowest BCUT2D eigenvalue weighted by Gasteiger charge is -2.21. The van der Waals surface area contributed by atoms with Gasteiger partial charge in [0.1, 0.15) is 0 Å². The first-order valence-electron chi connectivity index (χ1n) is 7.49. The fraction of sp³-hybridized carbons (Fsp3) is 0.500. The predicted molar refractivity (Wildman–Crippen MR) is 98.2 cm³/mol. The largest absolute Gasteiger partial charge is 0.348 e. The molecule has 0 aliphatic carbocycles. The Kier molecular flexibility index (Phi) is 7.88. The maximum atomic E-state index is 12.1. The Balaban J connectivity index is 0.00000264. The van der Waals surface area contributed by atoms with Crippen molar-refractivity contribution in [3.8, 4) is 0 Å². The van der Waals surface area contributed by atoms with Gasteiger partial charge in [-0.15, -0.1) is 12.4 Å². The first-order valence-corrected chi connectivity index (χ1v) is 8.88. The fourth-order valence-electron chi connectivity index (χ4n) is 2.45. The molecule has 2 atom stereocenters. The van der Waals surface area contributed by atoms with E-state index in [9.17, 15) is 9.59 Å². The molecule has 0 radical (unpaired) electrons. The van der Waals surface area contributed by atoms with Gasteiger partial charge < -0.3 is 16.4 Å². The Morgan fingerprint density at radius 1 is 1.43 bits per heavy atom. The second-order valence-corrected chi connectivity index (χ2v) is 6.57. The van der Waals surface area contributed by atoms with Crippen molar-refractivity contribution in [2.24, 2.45) is 5.73 Å². The number of nitrogens with one attached hydrogen (secondary N) is 2. The highest BCUT2D eigenvalue weighted by atomic mass is 35.5. The standard InChI is InChI=1S/C16H23N3O2S.ClH/c1-10(18-16(21)13(17)7-8-22-2)11-3-5-14-12(9-11)4-6-15(20)19-14;/h3,5,9-10,13H,4,6-8,17H2,1-2H3,(H,18,21)(H,19,20);1H. The van der Waals surface area contributed by atoms with E-state index in [1.165, 1.54) is 0 Å². The third kappa shape index (κ3) is 5.41. The van der Waals surface area contributed by atoms with E-state index in [-0.39, 0.29) is 30.3 Å². The number of hydrogen-bond acceptors (Lipinski definition) is 4. The van der Waals surface area contributed by atoms with Gasteiger partial charge in [-0.3, -0.25) is 9.59 Å². The van der Waals surface area contributed by atoms with E-state index < -0.39 is 6.04 Å². The number of nitrogens with two attached hydrogens (primary N) is 1. The molecule has 1 aliphatic heterocycles.